The zero-order chi connectivity index (χ0) is 29.4. The van der Waals surface area contributed by atoms with Crippen molar-refractivity contribution in [2.75, 3.05) is 17.2 Å². The fourth-order valence-corrected chi connectivity index (χ4v) is 7.09. The number of piperidine rings is 1. The van der Waals surface area contributed by atoms with Crippen molar-refractivity contribution in [1.82, 2.24) is 24.4 Å². The van der Waals surface area contributed by atoms with Gasteiger partial charge >= 0.3 is 6.09 Å². The number of halogens is 3. The van der Waals surface area contributed by atoms with Crippen LogP contribution in [0.4, 0.5) is 22.4 Å². The predicted octanol–water partition coefficient (Wildman–Crippen LogP) is 6.33. The van der Waals surface area contributed by atoms with Gasteiger partial charge in [-0.1, -0.05) is 48.7 Å². The summed E-state index contributed by atoms with van der Waals surface area (Å²) in [5.41, 5.74) is 7.21. The Kier molecular flexibility index (Phi) is 8.68. The Balaban J connectivity index is 1.52. The fourth-order valence-electron chi connectivity index (χ4n) is 6.18. The van der Waals surface area contributed by atoms with E-state index >= 15 is 0 Å². The summed E-state index contributed by atoms with van der Waals surface area (Å²) in [6.45, 7) is 4.54. The van der Waals surface area contributed by atoms with Gasteiger partial charge in [0, 0.05) is 29.6 Å². The first-order valence-electron chi connectivity index (χ1n) is 13.8. The lowest BCUT2D eigenvalue weighted by Gasteiger charge is -2.42. The molecule has 1 aromatic carbocycles. The Hall–Kier alpha value is -3.02. The molecule has 1 saturated carbocycles. The SMILES string of the molecule is CC(C)C1C(Nc2ncc3nc(Nc4c(Cl)cc(Cl)cc4Cl)n(C4CCC(C(N)=O)CC4)c3n2)CCCN1C(=O)O. The number of carbonyl (C=O) groups is 2. The Labute approximate surface area is 252 Å². The lowest BCUT2D eigenvalue weighted by atomic mass is 9.85. The Bertz CT molecular complexity index is 1430. The number of hydrogen-bond acceptors (Lipinski definition) is 7. The van der Waals surface area contributed by atoms with Gasteiger partial charge in [0.2, 0.25) is 17.8 Å². The number of aromatic nitrogens is 4. The van der Waals surface area contributed by atoms with Gasteiger partial charge in [-0.2, -0.15) is 4.98 Å². The minimum atomic E-state index is -0.925. The number of carboxylic acid groups (broad SMARTS) is 1. The second kappa shape index (κ2) is 12.1. The van der Waals surface area contributed by atoms with Crippen molar-refractivity contribution in [2.24, 2.45) is 17.6 Å². The number of nitrogens with one attached hydrogen (secondary N) is 2. The number of carbonyl (C=O) groups excluding carboxylic acids is 1. The fraction of sp³-hybridized carbons (Fsp3) is 0.519. The van der Waals surface area contributed by atoms with Gasteiger partial charge in [-0.25, -0.2) is 14.8 Å². The summed E-state index contributed by atoms with van der Waals surface area (Å²) >= 11 is 19.1. The van der Waals surface area contributed by atoms with Gasteiger partial charge in [-0.05, 0) is 56.6 Å². The molecule has 5 N–H and O–H groups in total. The topological polar surface area (TPSA) is 151 Å². The van der Waals surface area contributed by atoms with Crippen LogP contribution >= 0.6 is 34.8 Å². The molecule has 14 heteroatoms. The predicted molar refractivity (Wildman–Crippen MR) is 160 cm³/mol. The molecule has 2 amide bonds. The number of amides is 2. The van der Waals surface area contributed by atoms with E-state index in [1.807, 2.05) is 18.4 Å². The summed E-state index contributed by atoms with van der Waals surface area (Å²) in [7, 11) is 0. The first-order chi connectivity index (χ1) is 19.5. The number of nitrogens with two attached hydrogens (primary N) is 1. The van der Waals surface area contributed by atoms with Crippen LogP contribution < -0.4 is 16.4 Å². The number of benzene rings is 1. The van der Waals surface area contributed by atoms with Crippen molar-refractivity contribution in [2.45, 2.75) is 70.5 Å². The normalized spacial score (nSPS) is 23.1. The Morgan fingerprint density at radius 2 is 1.76 bits per heavy atom. The molecule has 1 aliphatic carbocycles. The molecule has 5 rings (SSSR count). The maximum absolute atomic E-state index is 11.9. The highest BCUT2D eigenvalue weighted by Gasteiger charge is 2.37. The molecule has 1 aliphatic heterocycles. The summed E-state index contributed by atoms with van der Waals surface area (Å²) < 4.78 is 2.00. The highest BCUT2D eigenvalue weighted by atomic mass is 35.5. The van der Waals surface area contributed by atoms with E-state index < -0.39 is 6.09 Å². The smallest absolute Gasteiger partial charge is 0.407 e. The van der Waals surface area contributed by atoms with E-state index in [0.717, 1.165) is 12.8 Å². The van der Waals surface area contributed by atoms with Crippen molar-refractivity contribution in [3.05, 3.63) is 33.4 Å². The number of hydrogen-bond donors (Lipinski definition) is 4. The molecule has 0 bridgehead atoms. The lowest BCUT2D eigenvalue weighted by Crippen LogP contribution is -2.55. The summed E-state index contributed by atoms with van der Waals surface area (Å²) in [5.74, 6) is 0.522. The number of primary amides is 1. The number of fused-ring (bicyclic) bond motifs is 1. The minimum absolute atomic E-state index is 0.0219. The summed E-state index contributed by atoms with van der Waals surface area (Å²) in [6, 6.07) is 2.80. The molecule has 2 aromatic heterocycles. The van der Waals surface area contributed by atoms with Gasteiger partial charge in [0.1, 0.15) is 5.52 Å². The van der Waals surface area contributed by atoms with Crippen LogP contribution in [0.15, 0.2) is 18.3 Å². The first kappa shape index (κ1) is 29.5. The molecule has 0 spiro atoms. The largest absolute Gasteiger partial charge is 0.465 e. The highest BCUT2D eigenvalue weighted by Crippen LogP contribution is 2.40. The molecule has 3 aromatic rings. The first-order valence-corrected chi connectivity index (χ1v) is 14.9. The molecule has 2 aliphatic rings. The number of nitrogens with zero attached hydrogens (tertiary/aromatic N) is 5. The van der Waals surface area contributed by atoms with Gasteiger partial charge in [0.05, 0.1) is 28.0 Å². The summed E-state index contributed by atoms with van der Waals surface area (Å²) in [4.78, 5) is 39.5. The van der Waals surface area contributed by atoms with Crippen molar-refractivity contribution in [3.8, 4) is 0 Å². The second-order valence-electron chi connectivity index (χ2n) is 11.1. The van der Waals surface area contributed by atoms with E-state index in [2.05, 4.69) is 15.6 Å². The van der Waals surface area contributed by atoms with Crippen LogP contribution in [0.25, 0.3) is 11.2 Å². The van der Waals surface area contributed by atoms with Crippen LogP contribution in [-0.4, -0.2) is 60.2 Å². The average Bonchev–Trinajstić information content (AvgIpc) is 3.27. The number of rotatable bonds is 7. The third kappa shape index (κ3) is 6.12. The molecule has 2 fully saturated rings. The monoisotopic (exact) mass is 622 g/mol. The third-order valence-corrected chi connectivity index (χ3v) is 8.88. The minimum Gasteiger partial charge on any atom is -0.465 e. The van der Waals surface area contributed by atoms with Crippen molar-refractivity contribution >= 4 is 75.6 Å². The van der Waals surface area contributed by atoms with Crippen LogP contribution in [-0.2, 0) is 4.79 Å². The standard InChI is InChI=1S/C27H33Cl3N8O3/c1-13(2)22-19(4-3-9-37(22)27(40)41)33-25-32-12-20-24(36-25)38(16-7-5-14(6-8-16)23(31)39)26(34-20)35-21-17(29)10-15(28)11-18(21)30/h10-14,16,19,22H,3-9H2,1-2H3,(H2,31,39)(H,34,35)(H,40,41)(H,32,33,36). The van der Waals surface area contributed by atoms with Gasteiger partial charge in [-0.3, -0.25) is 9.36 Å². The average molecular weight is 624 g/mol. The lowest BCUT2D eigenvalue weighted by molar-refractivity contribution is -0.122. The van der Waals surface area contributed by atoms with Crippen molar-refractivity contribution in [1.29, 1.82) is 0 Å². The zero-order valence-corrected chi connectivity index (χ0v) is 25.0. The third-order valence-electron chi connectivity index (χ3n) is 8.07. The maximum Gasteiger partial charge on any atom is 0.407 e. The summed E-state index contributed by atoms with van der Waals surface area (Å²) in [6.07, 6.45) is 4.98. The van der Waals surface area contributed by atoms with Gasteiger partial charge < -0.3 is 26.4 Å². The van der Waals surface area contributed by atoms with Gasteiger partial charge in [0.25, 0.3) is 0 Å². The quantitative estimate of drug-likeness (QED) is 0.238. The molecule has 1 saturated heterocycles. The van der Waals surface area contributed by atoms with Gasteiger partial charge in [0.15, 0.2) is 5.65 Å². The molecular weight excluding hydrogens is 591 g/mol. The van der Waals surface area contributed by atoms with E-state index in [1.165, 1.54) is 4.90 Å². The molecule has 2 atom stereocenters. The van der Waals surface area contributed by atoms with Gasteiger partial charge in [-0.15, -0.1) is 0 Å². The summed E-state index contributed by atoms with van der Waals surface area (Å²) in [5, 5.41) is 17.6. The molecule has 0 radical (unpaired) electrons. The van der Waals surface area contributed by atoms with Crippen LogP contribution in [0.2, 0.25) is 15.1 Å². The Morgan fingerprint density at radius 1 is 1.07 bits per heavy atom. The van der Waals surface area contributed by atoms with E-state index in [0.29, 0.717) is 76.0 Å². The van der Waals surface area contributed by atoms with Crippen LogP contribution in [0.3, 0.4) is 0 Å². The van der Waals surface area contributed by atoms with E-state index in [4.69, 9.17) is 50.5 Å². The van der Waals surface area contributed by atoms with Crippen molar-refractivity contribution < 1.29 is 14.7 Å². The molecule has 41 heavy (non-hydrogen) atoms. The molecule has 11 nitrogen and oxygen atoms in total. The van der Waals surface area contributed by atoms with Crippen LogP contribution in [0.5, 0.6) is 0 Å². The molecular formula is C27H33Cl3N8O3. The Morgan fingerprint density at radius 3 is 2.37 bits per heavy atom. The van der Waals surface area contributed by atoms with E-state index in [-0.39, 0.29) is 35.9 Å². The van der Waals surface area contributed by atoms with Crippen molar-refractivity contribution in [3.63, 3.8) is 0 Å². The van der Waals surface area contributed by atoms with Crippen LogP contribution in [0, 0.1) is 11.8 Å². The number of likely N-dealkylation sites (tertiary alicyclic amines) is 1. The van der Waals surface area contributed by atoms with Crippen LogP contribution in [0.1, 0.15) is 58.4 Å². The van der Waals surface area contributed by atoms with E-state index in [9.17, 15) is 14.7 Å². The number of imidazole rings is 1. The molecule has 2 unspecified atom stereocenters. The zero-order valence-electron chi connectivity index (χ0n) is 22.8. The number of anilines is 3. The molecule has 3 heterocycles. The molecule has 220 valence electrons. The highest BCUT2D eigenvalue weighted by molar-refractivity contribution is 6.41. The van der Waals surface area contributed by atoms with E-state index in [1.54, 1.807) is 18.3 Å². The second-order valence-corrected chi connectivity index (χ2v) is 12.3. The maximum atomic E-state index is 11.9.